The number of carbonyl (C=O) groups is 1. The second-order valence-corrected chi connectivity index (χ2v) is 4.60. The number of anilines is 3. The summed E-state index contributed by atoms with van der Waals surface area (Å²) in [6.07, 6.45) is 0. The number of urea groups is 1. The number of rotatable bonds is 4. The SMILES string of the molecule is O=C(Nc1ccccc1)Nc1ccccc1N[SH](=O)=O. The number of hydrogen-bond donors (Lipinski definition) is 4. The minimum absolute atomic E-state index is 0.312. The van der Waals surface area contributed by atoms with Crippen molar-refractivity contribution in [2.45, 2.75) is 0 Å². The van der Waals surface area contributed by atoms with E-state index in [1.54, 1.807) is 48.5 Å². The summed E-state index contributed by atoms with van der Waals surface area (Å²) in [7, 11) is -2.79. The van der Waals surface area contributed by atoms with Crippen molar-refractivity contribution >= 4 is 34.0 Å². The van der Waals surface area contributed by atoms with Gasteiger partial charge in [0.25, 0.3) is 0 Å². The fraction of sp³-hybridized carbons (Fsp3) is 0. The smallest absolute Gasteiger partial charge is 0.308 e. The average molecular weight is 291 g/mol. The largest absolute Gasteiger partial charge is 0.323 e. The quantitative estimate of drug-likeness (QED) is 0.652. The molecule has 7 heteroatoms. The molecule has 0 atom stereocenters. The second kappa shape index (κ2) is 6.58. The molecule has 0 saturated carbocycles. The van der Waals surface area contributed by atoms with Gasteiger partial charge in [-0.3, -0.25) is 4.72 Å². The van der Waals surface area contributed by atoms with Crippen LogP contribution < -0.4 is 15.4 Å². The molecule has 2 aromatic rings. The van der Waals surface area contributed by atoms with Gasteiger partial charge in [0.15, 0.2) is 0 Å². The molecule has 0 heterocycles. The minimum Gasteiger partial charge on any atom is -0.308 e. The van der Waals surface area contributed by atoms with Gasteiger partial charge in [-0.25, -0.2) is 13.2 Å². The lowest BCUT2D eigenvalue weighted by molar-refractivity contribution is 0.262. The second-order valence-electron chi connectivity index (χ2n) is 3.86. The first kappa shape index (κ1) is 13.9. The zero-order valence-electron chi connectivity index (χ0n) is 10.4. The lowest BCUT2D eigenvalue weighted by atomic mass is 10.3. The Morgan fingerprint density at radius 1 is 0.800 bits per heavy atom. The van der Waals surface area contributed by atoms with Crippen LogP contribution in [-0.2, 0) is 10.9 Å². The van der Waals surface area contributed by atoms with Crippen molar-refractivity contribution in [3.05, 3.63) is 54.6 Å². The van der Waals surface area contributed by atoms with Crippen molar-refractivity contribution in [1.29, 1.82) is 0 Å². The number of thiol groups is 1. The summed E-state index contributed by atoms with van der Waals surface area (Å²) >= 11 is 0. The fourth-order valence-corrected chi connectivity index (χ4v) is 1.99. The topological polar surface area (TPSA) is 87.3 Å². The molecule has 6 nitrogen and oxygen atoms in total. The first-order chi connectivity index (χ1) is 9.65. The number of carbonyl (C=O) groups excluding carboxylic acids is 1. The highest BCUT2D eigenvalue weighted by Crippen LogP contribution is 2.21. The van der Waals surface area contributed by atoms with Gasteiger partial charge >= 0.3 is 6.03 Å². The van der Waals surface area contributed by atoms with Crippen LogP contribution in [0.15, 0.2) is 54.6 Å². The van der Waals surface area contributed by atoms with Crippen molar-refractivity contribution in [1.82, 2.24) is 0 Å². The van der Waals surface area contributed by atoms with Crippen molar-refractivity contribution in [2.75, 3.05) is 15.4 Å². The van der Waals surface area contributed by atoms with Crippen LogP contribution in [0.25, 0.3) is 0 Å². The normalized spacial score (nSPS) is 10.1. The minimum atomic E-state index is -2.79. The van der Waals surface area contributed by atoms with E-state index < -0.39 is 16.9 Å². The van der Waals surface area contributed by atoms with Crippen LogP contribution in [-0.4, -0.2) is 14.4 Å². The Labute approximate surface area is 117 Å². The Morgan fingerprint density at radius 2 is 1.40 bits per heavy atom. The van der Waals surface area contributed by atoms with Gasteiger partial charge in [0, 0.05) is 5.69 Å². The maximum Gasteiger partial charge on any atom is 0.323 e. The Morgan fingerprint density at radius 3 is 2.05 bits per heavy atom. The number of amides is 2. The Kier molecular flexibility index (Phi) is 4.56. The number of para-hydroxylation sites is 3. The van der Waals surface area contributed by atoms with E-state index in [9.17, 15) is 13.2 Å². The molecule has 2 rings (SSSR count). The maximum absolute atomic E-state index is 11.8. The fourth-order valence-electron chi connectivity index (χ4n) is 1.59. The van der Waals surface area contributed by atoms with Crippen LogP contribution >= 0.6 is 0 Å². The van der Waals surface area contributed by atoms with Gasteiger partial charge in [0.1, 0.15) is 0 Å². The number of hydrogen-bond acceptors (Lipinski definition) is 3. The molecular weight excluding hydrogens is 278 g/mol. The summed E-state index contributed by atoms with van der Waals surface area (Å²) in [5.74, 6) is 0. The van der Waals surface area contributed by atoms with E-state index in [1.165, 1.54) is 0 Å². The predicted molar refractivity (Wildman–Crippen MR) is 79.5 cm³/mol. The van der Waals surface area contributed by atoms with Gasteiger partial charge in [0.2, 0.25) is 10.9 Å². The van der Waals surface area contributed by atoms with Crippen LogP contribution in [0.3, 0.4) is 0 Å². The molecule has 104 valence electrons. The van der Waals surface area contributed by atoms with Gasteiger partial charge < -0.3 is 10.6 Å². The third kappa shape index (κ3) is 3.99. The monoisotopic (exact) mass is 291 g/mol. The highest BCUT2D eigenvalue weighted by Gasteiger charge is 2.06. The van der Waals surface area contributed by atoms with Crippen LogP contribution in [0.1, 0.15) is 0 Å². The van der Waals surface area contributed by atoms with Gasteiger partial charge in [-0.05, 0) is 24.3 Å². The molecule has 2 amide bonds. The Hall–Kier alpha value is -2.54. The summed E-state index contributed by atoms with van der Waals surface area (Å²) in [5, 5.41) is 5.23. The highest BCUT2D eigenvalue weighted by atomic mass is 32.2. The van der Waals surface area contributed by atoms with Crippen molar-refractivity contribution in [3.8, 4) is 0 Å². The summed E-state index contributed by atoms with van der Waals surface area (Å²) < 4.78 is 23.6. The van der Waals surface area contributed by atoms with E-state index in [2.05, 4.69) is 15.4 Å². The summed E-state index contributed by atoms with van der Waals surface area (Å²) in [4.78, 5) is 11.8. The molecule has 0 aliphatic heterocycles. The molecule has 2 aromatic carbocycles. The van der Waals surface area contributed by atoms with Gasteiger partial charge in [-0.2, -0.15) is 0 Å². The van der Waals surface area contributed by atoms with E-state index in [1.807, 2.05) is 6.07 Å². The summed E-state index contributed by atoms with van der Waals surface area (Å²) in [6.45, 7) is 0. The van der Waals surface area contributed by atoms with Crippen LogP contribution in [0, 0.1) is 0 Å². The molecule has 0 aromatic heterocycles. The Balaban J connectivity index is 2.08. The number of nitrogens with one attached hydrogen (secondary N) is 3. The summed E-state index contributed by atoms with van der Waals surface area (Å²) in [6, 6.07) is 15.0. The first-order valence-electron chi connectivity index (χ1n) is 5.78. The molecule has 0 spiro atoms. The molecule has 0 aliphatic rings. The van der Waals surface area contributed by atoms with Crippen LogP contribution in [0.5, 0.6) is 0 Å². The standard InChI is InChI=1S/C13H13N3O3S/c17-13(14-10-6-2-1-3-7-10)15-11-8-4-5-9-12(11)16-20(18)19/h1-9,20H,(H2,14,15,17)(H,16,18,19). The number of benzene rings is 2. The molecule has 3 N–H and O–H groups in total. The van der Waals surface area contributed by atoms with Crippen molar-refractivity contribution < 1.29 is 13.2 Å². The third-order valence-electron chi connectivity index (χ3n) is 2.42. The predicted octanol–water partition coefficient (Wildman–Crippen LogP) is 2.27. The molecule has 0 unspecified atom stereocenters. The molecule has 0 bridgehead atoms. The molecule has 20 heavy (non-hydrogen) atoms. The van der Waals surface area contributed by atoms with Gasteiger partial charge in [-0.15, -0.1) is 0 Å². The zero-order valence-corrected chi connectivity index (χ0v) is 11.3. The highest BCUT2D eigenvalue weighted by molar-refractivity contribution is 7.73. The van der Waals surface area contributed by atoms with Gasteiger partial charge in [0.05, 0.1) is 11.4 Å². The van der Waals surface area contributed by atoms with Crippen LogP contribution in [0.2, 0.25) is 0 Å². The Bertz CT molecular complexity index is 664. The van der Waals surface area contributed by atoms with E-state index in [4.69, 9.17) is 0 Å². The zero-order chi connectivity index (χ0) is 14.4. The molecular formula is C13H13N3O3S. The van der Waals surface area contributed by atoms with E-state index in [0.29, 0.717) is 17.1 Å². The lowest BCUT2D eigenvalue weighted by Crippen LogP contribution is -2.20. The first-order valence-corrected chi connectivity index (χ1v) is 6.96. The molecule has 0 fully saturated rings. The maximum atomic E-state index is 11.8. The third-order valence-corrected chi connectivity index (χ3v) is 2.84. The lowest BCUT2D eigenvalue weighted by Gasteiger charge is -2.11. The van der Waals surface area contributed by atoms with Crippen LogP contribution in [0.4, 0.5) is 21.9 Å². The van der Waals surface area contributed by atoms with Crippen molar-refractivity contribution in [3.63, 3.8) is 0 Å². The summed E-state index contributed by atoms with van der Waals surface area (Å²) in [5.41, 5.74) is 1.33. The van der Waals surface area contributed by atoms with E-state index in [0.717, 1.165) is 0 Å². The van der Waals surface area contributed by atoms with Crippen molar-refractivity contribution in [2.24, 2.45) is 0 Å². The molecule has 0 saturated heterocycles. The van der Waals surface area contributed by atoms with E-state index in [-0.39, 0.29) is 0 Å². The van der Waals surface area contributed by atoms with Gasteiger partial charge in [-0.1, -0.05) is 30.3 Å². The molecule has 0 radical (unpaired) electrons. The van der Waals surface area contributed by atoms with E-state index >= 15 is 0 Å². The average Bonchev–Trinajstić information content (AvgIpc) is 2.41. The molecule has 0 aliphatic carbocycles.